The van der Waals surface area contributed by atoms with Gasteiger partial charge in [0.2, 0.25) is 0 Å². The number of hydrogen-bond acceptors (Lipinski definition) is 3. The molecule has 0 spiro atoms. The summed E-state index contributed by atoms with van der Waals surface area (Å²) in [6.45, 7) is 5.53. The van der Waals surface area contributed by atoms with E-state index in [9.17, 15) is 13.2 Å². The SMILES string of the molecule is C=COCC1C=C2CC1CC2(OC1OC1C)C(F)(F)F. The zero-order chi connectivity index (χ0) is 14.5. The van der Waals surface area contributed by atoms with Gasteiger partial charge in [-0.1, -0.05) is 12.7 Å². The third kappa shape index (κ3) is 2.05. The lowest BCUT2D eigenvalue weighted by atomic mass is 9.84. The predicted molar refractivity (Wildman–Crippen MR) is 64.7 cm³/mol. The molecule has 5 atom stereocenters. The minimum atomic E-state index is -4.41. The van der Waals surface area contributed by atoms with Gasteiger partial charge in [-0.25, -0.2) is 0 Å². The second kappa shape index (κ2) is 4.49. The van der Waals surface area contributed by atoms with E-state index in [1.807, 2.05) is 0 Å². The van der Waals surface area contributed by atoms with Crippen LogP contribution in [0.25, 0.3) is 0 Å². The van der Waals surface area contributed by atoms with Crippen LogP contribution in [0.1, 0.15) is 19.8 Å². The number of epoxide rings is 1. The summed E-state index contributed by atoms with van der Waals surface area (Å²) in [6, 6.07) is 0. The van der Waals surface area contributed by atoms with Gasteiger partial charge in [0.05, 0.1) is 12.9 Å². The van der Waals surface area contributed by atoms with Crippen LogP contribution in [-0.4, -0.2) is 30.8 Å². The first-order valence-corrected chi connectivity index (χ1v) is 6.71. The van der Waals surface area contributed by atoms with Gasteiger partial charge in [-0.3, -0.25) is 0 Å². The number of rotatable bonds is 5. The lowest BCUT2D eigenvalue weighted by molar-refractivity contribution is -0.274. The van der Waals surface area contributed by atoms with Crippen molar-refractivity contribution in [3.05, 3.63) is 24.5 Å². The topological polar surface area (TPSA) is 31.0 Å². The summed E-state index contributed by atoms with van der Waals surface area (Å²) in [4.78, 5) is 0. The van der Waals surface area contributed by atoms with Crippen LogP contribution in [0.15, 0.2) is 24.5 Å². The zero-order valence-electron chi connectivity index (χ0n) is 11.2. The molecule has 0 aromatic rings. The Morgan fingerprint density at radius 3 is 2.70 bits per heavy atom. The Hall–Kier alpha value is -1.01. The van der Waals surface area contributed by atoms with E-state index in [1.54, 1.807) is 13.0 Å². The molecule has 0 radical (unpaired) electrons. The molecule has 0 amide bonds. The van der Waals surface area contributed by atoms with Crippen molar-refractivity contribution in [3.63, 3.8) is 0 Å². The van der Waals surface area contributed by atoms with Gasteiger partial charge >= 0.3 is 6.18 Å². The maximum atomic E-state index is 13.5. The van der Waals surface area contributed by atoms with E-state index in [0.29, 0.717) is 18.6 Å². The van der Waals surface area contributed by atoms with Crippen molar-refractivity contribution in [1.29, 1.82) is 0 Å². The van der Waals surface area contributed by atoms with Crippen LogP contribution in [0.3, 0.4) is 0 Å². The number of ether oxygens (including phenoxy) is 3. The van der Waals surface area contributed by atoms with Crippen LogP contribution in [0, 0.1) is 11.8 Å². The van der Waals surface area contributed by atoms with Crippen molar-refractivity contribution in [1.82, 2.24) is 0 Å². The normalized spacial score (nSPS) is 42.5. The average Bonchev–Trinajstić information content (AvgIpc) is 2.78. The van der Waals surface area contributed by atoms with Gasteiger partial charge in [0.25, 0.3) is 0 Å². The standard InChI is InChI=1S/C14H17F3O3/c1-3-18-7-10-5-11-4-9(10)6-13(11,14(15,16)17)20-12-8(2)19-12/h3,5,8-10,12H,1,4,6-7H2,2H3. The van der Waals surface area contributed by atoms with Crippen molar-refractivity contribution in [2.24, 2.45) is 11.8 Å². The van der Waals surface area contributed by atoms with E-state index in [1.165, 1.54) is 6.26 Å². The molecule has 0 N–H and O–H groups in total. The third-order valence-corrected chi connectivity index (χ3v) is 4.41. The molecule has 1 heterocycles. The molecule has 3 aliphatic rings. The number of hydrogen-bond donors (Lipinski definition) is 0. The van der Waals surface area contributed by atoms with E-state index in [0.717, 1.165) is 0 Å². The first kappa shape index (κ1) is 13.9. The number of fused-ring (bicyclic) bond motifs is 2. The molecule has 112 valence electrons. The van der Waals surface area contributed by atoms with Gasteiger partial charge in [-0.05, 0) is 31.3 Å². The van der Waals surface area contributed by atoms with E-state index < -0.39 is 18.1 Å². The fourth-order valence-corrected chi connectivity index (χ4v) is 3.26. The van der Waals surface area contributed by atoms with Gasteiger partial charge in [0, 0.05) is 5.92 Å². The molecule has 3 nitrogen and oxygen atoms in total. The highest BCUT2D eigenvalue weighted by atomic mass is 19.4. The van der Waals surface area contributed by atoms with Crippen LogP contribution >= 0.6 is 0 Å². The molecule has 0 aromatic heterocycles. The molecule has 5 unspecified atom stereocenters. The van der Waals surface area contributed by atoms with Crippen LogP contribution in [0.4, 0.5) is 13.2 Å². The monoisotopic (exact) mass is 290 g/mol. The van der Waals surface area contributed by atoms with Crippen molar-refractivity contribution in [2.75, 3.05) is 6.61 Å². The predicted octanol–water partition coefficient (Wildman–Crippen LogP) is 3.18. The second-order valence-electron chi connectivity index (χ2n) is 5.68. The molecule has 20 heavy (non-hydrogen) atoms. The summed E-state index contributed by atoms with van der Waals surface area (Å²) in [5.74, 6) is -0.0692. The summed E-state index contributed by atoms with van der Waals surface area (Å²) >= 11 is 0. The van der Waals surface area contributed by atoms with Crippen molar-refractivity contribution < 1.29 is 27.4 Å². The molecule has 0 aromatic carbocycles. The fraction of sp³-hybridized carbons (Fsp3) is 0.714. The molecule has 1 saturated heterocycles. The van der Waals surface area contributed by atoms with E-state index in [4.69, 9.17) is 14.2 Å². The van der Waals surface area contributed by atoms with Gasteiger partial charge in [-0.15, -0.1) is 0 Å². The first-order chi connectivity index (χ1) is 9.37. The van der Waals surface area contributed by atoms with Gasteiger partial charge < -0.3 is 14.2 Å². The van der Waals surface area contributed by atoms with Gasteiger partial charge in [0.15, 0.2) is 11.9 Å². The molecule has 6 heteroatoms. The summed E-state index contributed by atoms with van der Waals surface area (Å²) in [6.07, 6.45) is -2.04. The Kier molecular flexibility index (Phi) is 3.14. The van der Waals surface area contributed by atoms with Crippen LogP contribution in [0.2, 0.25) is 0 Å². The Balaban J connectivity index is 1.81. The Bertz CT molecular complexity index is 445. The lowest BCUT2D eigenvalue weighted by Crippen LogP contribution is -2.49. The molecule has 2 aliphatic carbocycles. The molecule has 2 fully saturated rings. The van der Waals surface area contributed by atoms with Crippen LogP contribution in [-0.2, 0) is 14.2 Å². The summed E-state index contributed by atoms with van der Waals surface area (Å²) in [5.41, 5.74) is -1.83. The quantitative estimate of drug-likeness (QED) is 0.443. The van der Waals surface area contributed by atoms with Crippen LogP contribution in [0.5, 0.6) is 0 Å². The maximum Gasteiger partial charge on any atom is 0.421 e. The summed E-state index contributed by atoms with van der Waals surface area (Å²) < 4.78 is 55.9. The minimum absolute atomic E-state index is 0.0135. The lowest BCUT2D eigenvalue weighted by Gasteiger charge is -2.36. The Morgan fingerprint density at radius 2 is 2.25 bits per heavy atom. The molecular weight excluding hydrogens is 273 g/mol. The molecule has 1 saturated carbocycles. The summed E-state index contributed by atoms with van der Waals surface area (Å²) in [7, 11) is 0. The largest absolute Gasteiger partial charge is 0.501 e. The molecular formula is C14H17F3O3. The molecule has 3 rings (SSSR count). The highest BCUT2D eigenvalue weighted by molar-refractivity contribution is 5.34. The fourth-order valence-electron chi connectivity index (χ4n) is 3.26. The number of halogens is 3. The molecule has 2 bridgehead atoms. The first-order valence-electron chi connectivity index (χ1n) is 6.71. The number of alkyl halides is 3. The average molecular weight is 290 g/mol. The highest BCUT2D eigenvalue weighted by Crippen LogP contribution is 2.58. The van der Waals surface area contributed by atoms with E-state index >= 15 is 0 Å². The van der Waals surface area contributed by atoms with Gasteiger partial charge in [0.1, 0.15) is 6.10 Å². The van der Waals surface area contributed by atoms with E-state index in [-0.39, 0.29) is 24.4 Å². The second-order valence-corrected chi connectivity index (χ2v) is 5.68. The minimum Gasteiger partial charge on any atom is -0.501 e. The van der Waals surface area contributed by atoms with Crippen molar-refractivity contribution >= 4 is 0 Å². The third-order valence-electron chi connectivity index (χ3n) is 4.41. The molecule has 1 aliphatic heterocycles. The van der Waals surface area contributed by atoms with E-state index in [2.05, 4.69) is 6.58 Å². The zero-order valence-corrected chi connectivity index (χ0v) is 11.2. The smallest absolute Gasteiger partial charge is 0.421 e. The highest BCUT2D eigenvalue weighted by Gasteiger charge is 2.67. The van der Waals surface area contributed by atoms with Crippen LogP contribution < -0.4 is 0 Å². The van der Waals surface area contributed by atoms with Crippen molar-refractivity contribution in [3.8, 4) is 0 Å². The Labute approximate surface area is 115 Å². The maximum absolute atomic E-state index is 13.5. The Morgan fingerprint density at radius 1 is 1.55 bits per heavy atom. The van der Waals surface area contributed by atoms with Gasteiger partial charge in [-0.2, -0.15) is 13.2 Å². The summed E-state index contributed by atoms with van der Waals surface area (Å²) in [5, 5.41) is 0. The van der Waals surface area contributed by atoms with Crippen molar-refractivity contribution in [2.45, 2.75) is 43.9 Å².